The maximum Gasteiger partial charge on any atom is 0.0743 e. The first-order chi connectivity index (χ1) is 7.99. The molecule has 96 valence electrons. The molecular formula is C14H24N2O. The predicted octanol–water partition coefficient (Wildman–Crippen LogP) is 2.36. The van der Waals surface area contributed by atoms with Gasteiger partial charge < -0.3 is 10.4 Å². The van der Waals surface area contributed by atoms with Crippen molar-refractivity contribution in [2.45, 2.75) is 45.8 Å². The normalized spacial score (nSPS) is 14.9. The Morgan fingerprint density at radius 2 is 2.00 bits per heavy atom. The third-order valence-corrected chi connectivity index (χ3v) is 2.84. The van der Waals surface area contributed by atoms with Gasteiger partial charge in [-0.3, -0.25) is 4.98 Å². The SMILES string of the molecule is CC(C)CCC(C)(O)CNCc1ccncc1. The Morgan fingerprint density at radius 3 is 2.59 bits per heavy atom. The Kier molecular flexibility index (Phi) is 5.59. The third kappa shape index (κ3) is 6.39. The molecule has 1 rings (SSSR count). The van der Waals surface area contributed by atoms with Crippen LogP contribution in [0.2, 0.25) is 0 Å². The molecule has 0 amide bonds. The van der Waals surface area contributed by atoms with E-state index in [1.54, 1.807) is 12.4 Å². The van der Waals surface area contributed by atoms with Gasteiger partial charge in [-0.2, -0.15) is 0 Å². The van der Waals surface area contributed by atoms with Crippen molar-refractivity contribution in [1.29, 1.82) is 0 Å². The summed E-state index contributed by atoms with van der Waals surface area (Å²) in [4.78, 5) is 3.97. The lowest BCUT2D eigenvalue weighted by Gasteiger charge is -2.24. The zero-order valence-electron chi connectivity index (χ0n) is 11.1. The molecule has 1 heterocycles. The fourth-order valence-electron chi connectivity index (χ4n) is 1.66. The van der Waals surface area contributed by atoms with Gasteiger partial charge in [-0.15, -0.1) is 0 Å². The van der Waals surface area contributed by atoms with E-state index in [-0.39, 0.29) is 0 Å². The first-order valence-corrected chi connectivity index (χ1v) is 6.31. The van der Waals surface area contributed by atoms with E-state index in [1.165, 1.54) is 5.56 Å². The number of hydrogen-bond donors (Lipinski definition) is 2. The van der Waals surface area contributed by atoms with E-state index >= 15 is 0 Å². The Balaban J connectivity index is 2.25. The van der Waals surface area contributed by atoms with Crippen LogP contribution >= 0.6 is 0 Å². The van der Waals surface area contributed by atoms with Crippen LogP contribution in [-0.2, 0) is 6.54 Å². The zero-order valence-corrected chi connectivity index (χ0v) is 11.1. The van der Waals surface area contributed by atoms with Crippen LogP contribution in [0.15, 0.2) is 24.5 Å². The molecule has 1 unspecified atom stereocenters. The molecule has 3 heteroatoms. The summed E-state index contributed by atoms with van der Waals surface area (Å²) in [6, 6.07) is 3.96. The van der Waals surface area contributed by atoms with E-state index in [9.17, 15) is 5.11 Å². The number of nitrogens with zero attached hydrogens (tertiary/aromatic N) is 1. The maximum absolute atomic E-state index is 10.2. The Labute approximate surface area is 104 Å². The second-order valence-corrected chi connectivity index (χ2v) is 5.39. The standard InChI is InChI=1S/C14H24N2O/c1-12(2)4-7-14(3,17)11-16-10-13-5-8-15-9-6-13/h5-6,8-9,12,16-17H,4,7,10-11H2,1-3H3. The first kappa shape index (κ1) is 14.1. The molecule has 1 atom stereocenters. The van der Waals surface area contributed by atoms with Crippen molar-refractivity contribution in [3.8, 4) is 0 Å². The summed E-state index contributed by atoms with van der Waals surface area (Å²) in [5.74, 6) is 0.640. The number of nitrogens with one attached hydrogen (secondary N) is 1. The van der Waals surface area contributed by atoms with E-state index in [0.29, 0.717) is 12.5 Å². The number of aromatic nitrogens is 1. The highest BCUT2D eigenvalue weighted by Crippen LogP contribution is 2.15. The lowest BCUT2D eigenvalue weighted by atomic mass is 9.95. The van der Waals surface area contributed by atoms with Gasteiger partial charge in [0, 0.05) is 25.5 Å². The summed E-state index contributed by atoms with van der Waals surface area (Å²) in [5.41, 5.74) is 0.580. The quantitative estimate of drug-likeness (QED) is 0.764. The van der Waals surface area contributed by atoms with E-state index < -0.39 is 5.60 Å². The highest BCUT2D eigenvalue weighted by atomic mass is 16.3. The lowest BCUT2D eigenvalue weighted by molar-refractivity contribution is 0.0451. The monoisotopic (exact) mass is 236 g/mol. The zero-order chi connectivity index (χ0) is 12.7. The largest absolute Gasteiger partial charge is 0.389 e. The molecule has 0 spiro atoms. The van der Waals surface area contributed by atoms with Gasteiger partial charge >= 0.3 is 0 Å². The Morgan fingerprint density at radius 1 is 1.35 bits per heavy atom. The lowest BCUT2D eigenvalue weighted by Crippen LogP contribution is -2.37. The van der Waals surface area contributed by atoms with Crippen LogP contribution in [0.5, 0.6) is 0 Å². The molecule has 0 aliphatic carbocycles. The third-order valence-electron chi connectivity index (χ3n) is 2.84. The summed E-state index contributed by atoms with van der Waals surface area (Å²) >= 11 is 0. The van der Waals surface area contributed by atoms with Crippen molar-refractivity contribution >= 4 is 0 Å². The summed E-state index contributed by atoms with van der Waals surface area (Å²) in [7, 11) is 0. The van der Waals surface area contributed by atoms with Crippen LogP contribution in [0.1, 0.15) is 39.2 Å². The van der Waals surface area contributed by atoms with Crippen LogP contribution in [0.3, 0.4) is 0 Å². The average molecular weight is 236 g/mol. The van der Waals surface area contributed by atoms with Crippen molar-refractivity contribution in [1.82, 2.24) is 10.3 Å². The number of pyridine rings is 1. The summed E-state index contributed by atoms with van der Waals surface area (Å²) in [5, 5.41) is 13.5. The summed E-state index contributed by atoms with van der Waals surface area (Å²) in [6.45, 7) is 7.66. The molecule has 0 radical (unpaired) electrons. The second kappa shape index (κ2) is 6.72. The van der Waals surface area contributed by atoms with Gasteiger partial charge in [0.05, 0.1) is 5.60 Å². The smallest absolute Gasteiger partial charge is 0.0743 e. The fourth-order valence-corrected chi connectivity index (χ4v) is 1.66. The highest BCUT2D eigenvalue weighted by molar-refractivity contribution is 5.09. The molecule has 3 nitrogen and oxygen atoms in total. The van der Waals surface area contributed by atoms with Crippen molar-refractivity contribution < 1.29 is 5.11 Å². The van der Waals surface area contributed by atoms with Gasteiger partial charge in [-0.1, -0.05) is 13.8 Å². The van der Waals surface area contributed by atoms with E-state index in [2.05, 4.69) is 24.1 Å². The molecule has 17 heavy (non-hydrogen) atoms. The minimum absolute atomic E-state index is 0.614. The van der Waals surface area contributed by atoms with E-state index in [4.69, 9.17) is 0 Å². The van der Waals surface area contributed by atoms with Gasteiger partial charge in [-0.25, -0.2) is 0 Å². The fraction of sp³-hybridized carbons (Fsp3) is 0.643. The van der Waals surface area contributed by atoms with Crippen LogP contribution in [0.4, 0.5) is 0 Å². The molecular weight excluding hydrogens is 212 g/mol. The molecule has 1 aromatic rings. The Hall–Kier alpha value is -0.930. The minimum atomic E-state index is -0.614. The summed E-state index contributed by atoms with van der Waals surface area (Å²) in [6.07, 6.45) is 5.47. The number of hydrogen-bond acceptors (Lipinski definition) is 3. The van der Waals surface area contributed by atoms with E-state index in [1.807, 2.05) is 19.1 Å². The number of rotatable bonds is 7. The average Bonchev–Trinajstić information content (AvgIpc) is 2.28. The van der Waals surface area contributed by atoms with Crippen molar-refractivity contribution in [3.63, 3.8) is 0 Å². The van der Waals surface area contributed by atoms with Crippen molar-refractivity contribution in [2.24, 2.45) is 5.92 Å². The van der Waals surface area contributed by atoms with Gasteiger partial charge in [-0.05, 0) is 43.4 Å². The highest BCUT2D eigenvalue weighted by Gasteiger charge is 2.19. The van der Waals surface area contributed by atoms with Gasteiger partial charge in [0.2, 0.25) is 0 Å². The van der Waals surface area contributed by atoms with Gasteiger partial charge in [0.25, 0.3) is 0 Å². The molecule has 0 bridgehead atoms. The van der Waals surface area contributed by atoms with Gasteiger partial charge in [0.15, 0.2) is 0 Å². The van der Waals surface area contributed by atoms with Crippen LogP contribution in [0.25, 0.3) is 0 Å². The minimum Gasteiger partial charge on any atom is -0.389 e. The maximum atomic E-state index is 10.2. The molecule has 0 saturated carbocycles. The van der Waals surface area contributed by atoms with Crippen LogP contribution < -0.4 is 5.32 Å². The second-order valence-electron chi connectivity index (χ2n) is 5.39. The van der Waals surface area contributed by atoms with Crippen molar-refractivity contribution in [3.05, 3.63) is 30.1 Å². The van der Waals surface area contributed by atoms with Gasteiger partial charge in [0.1, 0.15) is 0 Å². The van der Waals surface area contributed by atoms with Crippen LogP contribution in [0, 0.1) is 5.92 Å². The molecule has 2 N–H and O–H groups in total. The molecule has 0 aliphatic heterocycles. The van der Waals surface area contributed by atoms with Crippen LogP contribution in [-0.4, -0.2) is 22.2 Å². The molecule has 0 fully saturated rings. The first-order valence-electron chi connectivity index (χ1n) is 6.31. The molecule has 0 aromatic carbocycles. The Bertz CT molecular complexity index is 309. The topological polar surface area (TPSA) is 45.1 Å². The number of aliphatic hydroxyl groups is 1. The molecule has 0 aliphatic rings. The van der Waals surface area contributed by atoms with Crippen molar-refractivity contribution in [2.75, 3.05) is 6.54 Å². The predicted molar refractivity (Wildman–Crippen MR) is 70.6 cm³/mol. The van der Waals surface area contributed by atoms with E-state index in [0.717, 1.165) is 19.4 Å². The molecule has 0 saturated heterocycles. The molecule has 1 aromatic heterocycles. The summed E-state index contributed by atoms with van der Waals surface area (Å²) < 4.78 is 0.